The molecule has 7 heteroatoms. The van der Waals surface area contributed by atoms with Crippen LogP contribution in [-0.4, -0.2) is 17.6 Å². The highest BCUT2D eigenvalue weighted by atomic mass is 16.6. The highest BCUT2D eigenvalue weighted by Crippen LogP contribution is 2.27. The molecule has 0 saturated heterocycles. The Labute approximate surface area is 114 Å². The van der Waals surface area contributed by atoms with Crippen molar-refractivity contribution in [2.45, 2.75) is 6.92 Å². The van der Waals surface area contributed by atoms with Gasteiger partial charge in [0.2, 0.25) is 0 Å². The zero-order valence-corrected chi connectivity index (χ0v) is 10.6. The van der Waals surface area contributed by atoms with E-state index in [0.717, 1.165) is 6.26 Å². The molecule has 0 atom stereocenters. The summed E-state index contributed by atoms with van der Waals surface area (Å²) in [5.74, 6) is -0.319. The van der Waals surface area contributed by atoms with E-state index in [9.17, 15) is 4.79 Å². The van der Waals surface area contributed by atoms with Crippen LogP contribution in [0.4, 0.5) is 5.69 Å². The lowest BCUT2D eigenvalue weighted by molar-refractivity contribution is 0.0519. The summed E-state index contributed by atoms with van der Waals surface area (Å²) in [6.07, 6.45) is 0.997. The standard InChI is InChI=1S/C13H11N3O4/c1-2-18-12(17)10-7-19-13(16-10)20-11-4-3-8(6-14)5-9(11)15/h3-5,7H,2,15H2,1H3. The number of aromatic nitrogens is 1. The van der Waals surface area contributed by atoms with Crippen molar-refractivity contribution in [1.29, 1.82) is 5.26 Å². The zero-order valence-electron chi connectivity index (χ0n) is 10.6. The minimum Gasteiger partial charge on any atom is -0.461 e. The molecule has 2 N–H and O–H groups in total. The Kier molecular flexibility index (Phi) is 3.86. The van der Waals surface area contributed by atoms with E-state index in [1.165, 1.54) is 12.1 Å². The van der Waals surface area contributed by atoms with Crippen molar-refractivity contribution in [1.82, 2.24) is 4.98 Å². The van der Waals surface area contributed by atoms with Crippen LogP contribution in [0.15, 0.2) is 28.9 Å². The third-order valence-electron chi connectivity index (χ3n) is 2.30. The van der Waals surface area contributed by atoms with Gasteiger partial charge in [0.05, 0.1) is 23.9 Å². The smallest absolute Gasteiger partial charge is 0.399 e. The molecular formula is C13H11N3O4. The van der Waals surface area contributed by atoms with Crippen molar-refractivity contribution >= 4 is 11.7 Å². The van der Waals surface area contributed by atoms with Gasteiger partial charge in [-0.25, -0.2) is 4.79 Å². The summed E-state index contributed by atoms with van der Waals surface area (Å²) < 4.78 is 15.1. The molecule has 0 unspecified atom stereocenters. The van der Waals surface area contributed by atoms with Gasteiger partial charge < -0.3 is 19.6 Å². The topological polar surface area (TPSA) is 111 Å². The van der Waals surface area contributed by atoms with Gasteiger partial charge in [-0.3, -0.25) is 0 Å². The molecule has 0 radical (unpaired) electrons. The first-order valence-corrected chi connectivity index (χ1v) is 5.74. The fraction of sp³-hybridized carbons (Fsp3) is 0.154. The van der Waals surface area contributed by atoms with E-state index in [1.54, 1.807) is 13.0 Å². The third-order valence-corrected chi connectivity index (χ3v) is 2.30. The molecule has 0 fully saturated rings. The number of nitriles is 1. The van der Waals surface area contributed by atoms with Crippen molar-refractivity contribution in [2.24, 2.45) is 0 Å². The summed E-state index contributed by atoms with van der Waals surface area (Å²) in [5, 5.41) is 8.73. The molecule has 102 valence electrons. The maximum atomic E-state index is 11.4. The summed E-state index contributed by atoms with van der Waals surface area (Å²) in [6, 6.07) is 6.48. The van der Waals surface area contributed by atoms with Gasteiger partial charge in [-0.2, -0.15) is 10.2 Å². The number of nitrogens with two attached hydrogens (primary N) is 1. The number of nitrogens with zero attached hydrogens (tertiary/aromatic N) is 2. The van der Waals surface area contributed by atoms with Crippen molar-refractivity contribution in [3.8, 4) is 17.9 Å². The summed E-state index contributed by atoms with van der Waals surface area (Å²) in [5.41, 5.74) is 6.41. The van der Waals surface area contributed by atoms with Gasteiger partial charge >= 0.3 is 12.0 Å². The summed E-state index contributed by atoms with van der Waals surface area (Å²) in [6.45, 7) is 1.93. The van der Waals surface area contributed by atoms with Gasteiger partial charge in [-0.05, 0) is 25.1 Å². The fourth-order valence-electron chi connectivity index (χ4n) is 1.41. The van der Waals surface area contributed by atoms with E-state index in [4.69, 9.17) is 24.9 Å². The number of benzene rings is 1. The average molecular weight is 273 g/mol. The molecule has 0 bridgehead atoms. The summed E-state index contributed by atoms with van der Waals surface area (Å²) in [7, 11) is 0. The number of anilines is 1. The molecule has 0 aliphatic carbocycles. The predicted molar refractivity (Wildman–Crippen MR) is 68.1 cm³/mol. The Morgan fingerprint density at radius 1 is 1.55 bits per heavy atom. The van der Waals surface area contributed by atoms with Crippen LogP contribution in [0.25, 0.3) is 0 Å². The number of esters is 1. The van der Waals surface area contributed by atoms with E-state index in [1.807, 2.05) is 6.07 Å². The molecular weight excluding hydrogens is 262 g/mol. The Morgan fingerprint density at radius 2 is 2.35 bits per heavy atom. The largest absolute Gasteiger partial charge is 0.461 e. The van der Waals surface area contributed by atoms with E-state index >= 15 is 0 Å². The monoisotopic (exact) mass is 273 g/mol. The Morgan fingerprint density at radius 3 is 3.00 bits per heavy atom. The number of hydrogen-bond donors (Lipinski definition) is 1. The van der Waals surface area contributed by atoms with Crippen LogP contribution < -0.4 is 10.5 Å². The lowest BCUT2D eigenvalue weighted by atomic mass is 10.2. The van der Waals surface area contributed by atoms with Crippen LogP contribution >= 0.6 is 0 Å². The molecule has 1 aromatic carbocycles. The SMILES string of the molecule is CCOC(=O)c1coc(Oc2ccc(C#N)cc2N)n1. The number of ether oxygens (including phenoxy) is 2. The van der Waals surface area contributed by atoms with Crippen molar-refractivity contribution < 1.29 is 18.7 Å². The first-order chi connectivity index (χ1) is 9.63. The molecule has 1 heterocycles. The van der Waals surface area contributed by atoms with Crippen molar-refractivity contribution in [3.05, 3.63) is 35.7 Å². The molecule has 0 spiro atoms. The third kappa shape index (κ3) is 2.87. The lowest BCUT2D eigenvalue weighted by Gasteiger charge is -2.04. The molecule has 7 nitrogen and oxygen atoms in total. The molecule has 20 heavy (non-hydrogen) atoms. The molecule has 0 amide bonds. The Bertz CT molecular complexity index is 672. The quantitative estimate of drug-likeness (QED) is 0.670. The average Bonchev–Trinajstić information content (AvgIpc) is 2.90. The van der Waals surface area contributed by atoms with Crippen LogP contribution in [0.2, 0.25) is 0 Å². The molecule has 2 rings (SSSR count). The molecule has 2 aromatic rings. The molecule has 0 aliphatic heterocycles. The number of oxazole rings is 1. The highest BCUT2D eigenvalue weighted by molar-refractivity contribution is 5.86. The second kappa shape index (κ2) is 5.75. The normalized spacial score (nSPS) is 9.80. The van der Waals surface area contributed by atoms with E-state index in [2.05, 4.69) is 4.98 Å². The van der Waals surface area contributed by atoms with E-state index in [-0.39, 0.29) is 29.8 Å². The van der Waals surface area contributed by atoms with Crippen LogP contribution in [0.5, 0.6) is 11.8 Å². The number of hydrogen-bond acceptors (Lipinski definition) is 7. The minimum absolute atomic E-state index is 0.00839. The lowest BCUT2D eigenvalue weighted by Crippen LogP contribution is -2.04. The number of rotatable bonds is 4. The van der Waals surface area contributed by atoms with E-state index < -0.39 is 5.97 Å². The molecule has 0 saturated carbocycles. The molecule has 0 aliphatic rings. The first-order valence-electron chi connectivity index (χ1n) is 5.74. The Balaban J connectivity index is 2.15. The minimum atomic E-state index is -0.598. The van der Waals surface area contributed by atoms with Crippen molar-refractivity contribution in [2.75, 3.05) is 12.3 Å². The summed E-state index contributed by atoms with van der Waals surface area (Å²) >= 11 is 0. The fourth-order valence-corrected chi connectivity index (χ4v) is 1.41. The maximum Gasteiger partial charge on any atom is 0.399 e. The van der Waals surface area contributed by atoms with Gasteiger partial charge in [-0.15, -0.1) is 0 Å². The van der Waals surface area contributed by atoms with Crippen LogP contribution in [0.3, 0.4) is 0 Å². The predicted octanol–water partition coefficient (Wildman–Crippen LogP) is 2.10. The van der Waals surface area contributed by atoms with Crippen LogP contribution in [-0.2, 0) is 4.74 Å². The molecule has 1 aromatic heterocycles. The van der Waals surface area contributed by atoms with Gasteiger partial charge in [0.25, 0.3) is 0 Å². The first kappa shape index (κ1) is 13.4. The Hall–Kier alpha value is -3.01. The van der Waals surface area contributed by atoms with Gasteiger partial charge in [-0.1, -0.05) is 0 Å². The van der Waals surface area contributed by atoms with Crippen LogP contribution in [0.1, 0.15) is 23.0 Å². The number of carbonyl (C=O) groups excluding carboxylic acids is 1. The van der Waals surface area contributed by atoms with Gasteiger partial charge in [0, 0.05) is 0 Å². The highest BCUT2D eigenvalue weighted by Gasteiger charge is 2.15. The zero-order chi connectivity index (χ0) is 14.5. The second-order valence-electron chi connectivity index (χ2n) is 3.69. The van der Waals surface area contributed by atoms with E-state index in [0.29, 0.717) is 5.56 Å². The van der Waals surface area contributed by atoms with Crippen molar-refractivity contribution in [3.63, 3.8) is 0 Å². The number of nitrogen functional groups attached to an aromatic ring is 1. The number of carbonyl (C=O) groups is 1. The van der Waals surface area contributed by atoms with Gasteiger partial charge in [0.1, 0.15) is 6.26 Å². The second-order valence-corrected chi connectivity index (χ2v) is 3.69. The maximum absolute atomic E-state index is 11.4. The van der Waals surface area contributed by atoms with Crippen LogP contribution in [0, 0.1) is 11.3 Å². The van der Waals surface area contributed by atoms with Gasteiger partial charge in [0.15, 0.2) is 11.4 Å². The summed E-state index contributed by atoms with van der Waals surface area (Å²) in [4.78, 5) is 15.2.